The highest BCUT2D eigenvalue weighted by atomic mass is 35.5. The number of nitriles is 1. The van der Waals surface area contributed by atoms with E-state index in [4.69, 9.17) is 40.1 Å². The lowest BCUT2D eigenvalue weighted by Crippen LogP contribution is -1.88. The number of hydrogen-bond acceptors (Lipinski definition) is 2. The second-order valence-corrected chi connectivity index (χ2v) is 4.45. The third-order valence-electron chi connectivity index (χ3n) is 2.19. The number of nitrogens with zero attached hydrogens (tertiary/aromatic N) is 2. The van der Waals surface area contributed by atoms with Gasteiger partial charge in [-0.2, -0.15) is 5.26 Å². The molecule has 0 aliphatic heterocycles. The first-order valence-electron chi connectivity index (χ1n) is 4.63. The van der Waals surface area contributed by atoms with Gasteiger partial charge in [0.2, 0.25) is 0 Å². The smallest absolute Gasteiger partial charge is 0.0992 e. The summed E-state index contributed by atoms with van der Waals surface area (Å²) in [5.41, 5.74) is 1.56. The van der Waals surface area contributed by atoms with E-state index in [9.17, 15) is 0 Å². The summed E-state index contributed by atoms with van der Waals surface area (Å²) in [4.78, 5) is 4.14. The van der Waals surface area contributed by atoms with Crippen LogP contribution in [0.2, 0.25) is 15.1 Å². The minimum atomic E-state index is 0.335. The second-order valence-electron chi connectivity index (χ2n) is 3.26. The highest BCUT2D eigenvalue weighted by Gasteiger charge is 2.13. The first kappa shape index (κ1) is 12.2. The predicted molar refractivity (Wildman–Crippen MR) is 69.4 cm³/mol. The molecule has 0 saturated heterocycles. The first-order chi connectivity index (χ1) is 8.13. The number of pyridine rings is 1. The fourth-order valence-corrected chi connectivity index (χ4v) is 2.12. The Morgan fingerprint density at radius 3 is 2.47 bits per heavy atom. The van der Waals surface area contributed by atoms with Crippen molar-refractivity contribution in [1.82, 2.24) is 4.98 Å². The Labute approximate surface area is 113 Å². The van der Waals surface area contributed by atoms with Crippen molar-refractivity contribution in [2.24, 2.45) is 0 Å². The lowest BCUT2D eigenvalue weighted by Gasteiger charge is -2.07. The molecule has 1 aromatic heterocycles. The van der Waals surface area contributed by atoms with E-state index in [0.29, 0.717) is 31.9 Å². The SMILES string of the molecule is N#Cc1ccnc(-c2c(Cl)ccc(Cl)c2Cl)c1. The molecule has 2 nitrogen and oxygen atoms in total. The molecule has 1 aromatic carbocycles. The van der Waals surface area contributed by atoms with Crippen LogP contribution < -0.4 is 0 Å². The Morgan fingerprint density at radius 2 is 1.76 bits per heavy atom. The molecule has 0 aliphatic rings. The van der Waals surface area contributed by atoms with E-state index in [1.165, 1.54) is 6.20 Å². The molecule has 1 heterocycles. The zero-order chi connectivity index (χ0) is 12.4. The zero-order valence-electron chi connectivity index (χ0n) is 8.42. The van der Waals surface area contributed by atoms with E-state index in [0.717, 1.165) is 0 Å². The first-order valence-corrected chi connectivity index (χ1v) is 5.77. The van der Waals surface area contributed by atoms with Crippen molar-refractivity contribution in [3.8, 4) is 17.3 Å². The highest BCUT2D eigenvalue weighted by molar-refractivity contribution is 6.46. The molecule has 0 unspecified atom stereocenters. The number of benzene rings is 1. The van der Waals surface area contributed by atoms with Gasteiger partial charge in [0.25, 0.3) is 0 Å². The molecule has 0 spiro atoms. The van der Waals surface area contributed by atoms with E-state index < -0.39 is 0 Å². The predicted octanol–water partition coefficient (Wildman–Crippen LogP) is 4.58. The van der Waals surface area contributed by atoms with Crippen molar-refractivity contribution >= 4 is 34.8 Å². The van der Waals surface area contributed by atoms with Crippen molar-refractivity contribution < 1.29 is 0 Å². The fourth-order valence-electron chi connectivity index (χ4n) is 1.40. The molecule has 2 rings (SSSR count). The molecular formula is C12H5Cl3N2. The maximum absolute atomic E-state index is 8.83. The van der Waals surface area contributed by atoms with Crippen LogP contribution in [0.1, 0.15) is 5.56 Å². The number of aromatic nitrogens is 1. The summed E-state index contributed by atoms with van der Waals surface area (Å²) >= 11 is 18.1. The van der Waals surface area contributed by atoms with Gasteiger partial charge in [0.05, 0.1) is 32.4 Å². The molecule has 0 N–H and O–H groups in total. The second kappa shape index (κ2) is 4.93. The van der Waals surface area contributed by atoms with Crippen molar-refractivity contribution in [2.45, 2.75) is 0 Å². The summed E-state index contributed by atoms with van der Waals surface area (Å²) in [7, 11) is 0. The minimum Gasteiger partial charge on any atom is -0.256 e. The highest BCUT2D eigenvalue weighted by Crippen LogP contribution is 2.38. The molecule has 17 heavy (non-hydrogen) atoms. The molecule has 0 radical (unpaired) electrons. The van der Waals surface area contributed by atoms with Gasteiger partial charge in [0, 0.05) is 11.8 Å². The summed E-state index contributed by atoms with van der Waals surface area (Å²) < 4.78 is 0. The summed E-state index contributed by atoms with van der Waals surface area (Å²) in [6, 6.07) is 8.51. The van der Waals surface area contributed by atoms with Crippen LogP contribution in [0, 0.1) is 11.3 Å². The Bertz CT molecular complexity index is 618. The standard InChI is InChI=1S/C12H5Cl3N2/c13-8-1-2-9(14)12(15)11(8)10-5-7(6-16)3-4-17-10/h1-5H. The normalized spacial score (nSPS) is 10.0. The average Bonchev–Trinajstić information content (AvgIpc) is 2.35. The molecule has 84 valence electrons. The summed E-state index contributed by atoms with van der Waals surface area (Å²) in [5.74, 6) is 0. The van der Waals surface area contributed by atoms with E-state index in [-0.39, 0.29) is 0 Å². The van der Waals surface area contributed by atoms with Crippen molar-refractivity contribution in [2.75, 3.05) is 0 Å². The van der Waals surface area contributed by atoms with E-state index >= 15 is 0 Å². The van der Waals surface area contributed by atoms with Gasteiger partial charge in [-0.3, -0.25) is 4.98 Å². The molecule has 0 bridgehead atoms. The maximum atomic E-state index is 8.83. The molecule has 2 aromatic rings. The quantitative estimate of drug-likeness (QED) is 0.718. The lowest BCUT2D eigenvalue weighted by molar-refractivity contribution is 1.31. The van der Waals surface area contributed by atoms with E-state index in [1.807, 2.05) is 6.07 Å². The maximum Gasteiger partial charge on any atom is 0.0992 e. The van der Waals surface area contributed by atoms with Crippen molar-refractivity contribution in [1.29, 1.82) is 5.26 Å². The number of halogens is 3. The number of hydrogen-bond donors (Lipinski definition) is 0. The van der Waals surface area contributed by atoms with Crippen LogP contribution in [0.25, 0.3) is 11.3 Å². The Balaban J connectivity index is 2.68. The minimum absolute atomic E-state index is 0.335. The van der Waals surface area contributed by atoms with Gasteiger partial charge in [0.15, 0.2) is 0 Å². The van der Waals surface area contributed by atoms with Crippen LogP contribution in [-0.4, -0.2) is 4.98 Å². The summed E-state index contributed by atoms with van der Waals surface area (Å²) in [6.45, 7) is 0. The molecule has 0 saturated carbocycles. The van der Waals surface area contributed by atoms with Gasteiger partial charge < -0.3 is 0 Å². The number of rotatable bonds is 1. The summed E-state index contributed by atoms with van der Waals surface area (Å²) in [5, 5.41) is 10.0. The third-order valence-corrected chi connectivity index (χ3v) is 3.31. The van der Waals surface area contributed by atoms with Crippen LogP contribution in [-0.2, 0) is 0 Å². The largest absolute Gasteiger partial charge is 0.256 e. The van der Waals surface area contributed by atoms with Crippen molar-refractivity contribution in [3.05, 3.63) is 51.1 Å². The van der Waals surface area contributed by atoms with Crippen LogP contribution in [0.15, 0.2) is 30.5 Å². The summed E-state index contributed by atoms with van der Waals surface area (Å²) in [6.07, 6.45) is 1.53. The topological polar surface area (TPSA) is 36.7 Å². The Morgan fingerprint density at radius 1 is 1.06 bits per heavy atom. The zero-order valence-corrected chi connectivity index (χ0v) is 10.7. The molecule has 5 heteroatoms. The molecule has 0 fully saturated rings. The Kier molecular flexibility index (Phi) is 3.54. The van der Waals surface area contributed by atoms with Gasteiger partial charge in [-0.25, -0.2) is 0 Å². The monoisotopic (exact) mass is 282 g/mol. The molecular weight excluding hydrogens is 279 g/mol. The molecule has 0 atom stereocenters. The van der Waals surface area contributed by atoms with E-state index in [1.54, 1.807) is 24.3 Å². The lowest BCUT2D eigenvalue weighted by atomic mass is 10.1. The van der Waals surface area contributed by atoms with Gasteiger partial charge in [-0.1, -0.05) is 34.8 Å². The van der Waals surface area contributed by atoms with Gasteiger partial charge in [0.1, 0.15) is 0 Å². The van der Waals surface area contributed by atoms with E-state index in [2.05, 4.69) is 4.98 Å². The third kappa shape index (κ3) is 2.37. The van der Waals surface area contributed by atoms with Crippen LogP contribution in [0.3, 0.4) is 0 Å². The molecule has 0 aliphatic carbocycles. The Hall–Kier alpha value is -1.27. The van der Waals surface area contributed by atoms with Crippen LogP contribution in [0.5, 0.6) is 0 Å². The van der Waals surface area contributed by atoms with Crippen LogP contribution >= 0.6 is 34.8 Å². The molecule has 0 amide bonds. The van der Waals surface area contributed by atoms with Crippen LogP contribution in [0.4, 0.5) is 0 Å². The van der Waals surface area contributed by atoms with Gasteiger partial charge in [-0.15, -0.1) is 0 Å². The average molecular weight is 284 g/mol. The van der Waals surface area contributed by atoms with Gasteiger partial charge in [-0.05, 0) is 24.3 Å². The fraction of sp³-hybridized carbons (Fsp3) is 0. The van der Waals surface area contributed by atoms with Crippen molar-refractivity contribution in [3.63, 3.8) is 0 Å². The van der Waals surface area contributed by atoms with Gasteiger partial charge >= 0.3 is 0 Å².